The molecule has 126 valence electrons. The SMILES string of the molecule is CN(C[C@@H]1OCCc2ccccc21)C(=O)c1cc(F)c(F)c(F)c1. The molecule has 0 unspecified atom stereocenters. The lowest BCUT2D eigenvalue weighted by Gasteiger charge is -2.29. The molecule has 1 aliphatic heterocycles. The van der Waals surface area contributed by atoms with Gasteiger partial charge in [-0.3, -0.25) is 4.79 Å². The molecule has 1 atom stereocenters. The minimum Gasteiger partial charge on any atom is -0.371 e. The van der Waals surface area contributed by atoms with Crippen LogP contribution in [-0.2, 0) is 11.2 Å². The molecule has 3 nitrogen and oxygen atoms in total. The van der Waals surface area contributed by atoms with E-state index in [2.05, 4.69) is 0 Å². The van der Waals surface area contributed by atoms with Crippen molar-refractivity contribution in [2.75, 3.05) is 20.2 Å². The van der Waals surface area contributed by atoms with Crippen molar-refractivity contribution >= 4 is 5.91 Å². The number of nitrogens with zero attached hydrogens (tertiary/aromatic N) is 1. The third-order valence-electron chi connectivity index (χ3n) is 4.11. The minimum absolute atomic E-state index is 0.233. The summed E-state index contributed by atoms with van der Waals surface area (Å²) in [6, 6.07) is 9.19. The summed E-state index contributed by atoms with van der Waals surface area (Å²) in [6.07, 6.45) is 0.498. The molecule has 0 bridgehead atoms. The smallest absolute Gasteiger partial charge is 0.253 e. The number of ether oxygens (including phenoxy) is 1. The van der Waals surface area contributed by atoms with Crippen LogP contribution in [0.4, 0.5) is 13.2 Å². The highest BCUT2D eigenvalue weighted by molar-refractivity contribution is 5.94. The number of carbonyl (C=O) groups is 1. The molecule has 2 aromatic carbocycles. The Kier molecular flexibility index (Phi) is 4.57. The lowest BCUT2D eigenvalue weighted by molar-refractivity contribution is 0.0200. The molecule has 0 aliphatic carbocycles. The first-order valence-corrected chi connectivity index (χ1v) is 7.57. The third-order valence-corrected chi connectivity index (χ3v) is 4.11. The fourth-order valence-electron chi connectivity index (χ4n) is 2.86. The van der Waals surface area contributed by atoms with E-state index >= 15 is 0 Å². The van der Waals surface area contributed by atoms with Gasteiger partial charge in [-0.05, 0) is 29.7 Å². The molecule has 1 heterocycles. The summed E-state index contributed by atoms with van der Waals surface area (Å²) in [5, 5.41) is 0. The predicted molar refractivity (Wildman–Crippen MR) is 82.1 cm³/mol. The lowest BCUT2D eigenvalue weighted by atomic mass is 9.97. The van der Waals surface area contributed by atoms with Gasteiger partial charge in [0.2, 0.25) is 0 Å². The fraction of sp³-hybridized carbons (Fsp3) is 0.278. The Hall–Kier alpha value is -2.34. The van der Waals surface area contributed by atoms with Crippen molar-refractivity contribution in [2.45, 2.75) is 12.5 Å². The molecule has 0 spiro atoms. The molecular weight excluding hydrogens is 319 g/mol. The van der Waals surface area contributed by atoms with Crippen LogP contribution in [-0.4, -0.2) is 31.0 Å². The van der Waals surface area contributed by atoms with Crippen LogP contribution in [0.1, 0.15) is 27.6 Å². The number of amides is 1. The highest BCUT2D eigenvalue weighted by atomic mass is 19.2. The fourth-order valence-corrected chi connectivity index (χ4v) is 2.86. The van der Waals surface area contributed by atoms with E-state index in [1.807, 2.05) is 24.3 Å². The standard InChI is InChI=1S/C18H16F3NO2/c1-22(18(23)12-8-14(19)17(21)15(20)9-12)10-16-13-5-3-2-4-11(13)6-7-24-16/h2-5,8-9,16H,6-7,10H2,1H3/t16-/m0/s1. The molecule has 0 radical (unpaired) electrons. The number of likely N-dealkylation sites (N-methyl/N-ethyl adjacent to an activating group) is 1. The van der Waals surface area contributed by atoms with E-state index in [4.69, 9.17) is 4.74 Å². The van der Waals surface area contributed by atoms with Crippen molar-refractivity contribution in [1.29, 1.82) is 0 Å². The lowest BCUT2D eigenvalue weighted by Crippen LogP contribution is -2.34. The maximum absolute atomic E-state index is 13.3. The van der Waals surface area contributed by atoms with Crippen LogP contribution >= 0.6 is 0 Å². The van der Waals surface area contributed by atoms with Gasteiger partial charge in [-0.1, -0.05) is 24.3 Å². The first-order chi connectivity index (χ1) is 11.5. The second kappa shape index (κ2) is 6.65. The van der Waals surface area contributed by atoms with Gasteiger partial charge in [-0.15, -0.1) is 0 Å². The van der Waals surface area contributed by atoms with Gasteiger partial charge in [-0.25, -0.2) is 13.2 Å². The average Bonchev–Trinajstić information content (AvgIpc) is 2.59. The van der Waals surface area contributed by atoms with Crippen LogP contribution < -0.4 is 0 Å². The maximum atomic E-state index is 13.3. The zero-order valence-electron chi connectivity index (χ0n) is 13.1. The van der Waals surface area contributed by atoms with E-state index in [9.17, 15) is 18.0 Å². The van der Waals surface area contributed by atoms with E-state index < -0.39 is 23.4 Å². The largest absolute Gasteiger partial charge is 0.371 e. The zero-order chi connectivity index (χ0) is 17.3. The normalized spacial score (nSPS) is 16.6. The quantitative estimate of drug-likeness (QED) is 0.804. The van der Waals surface area contributed by atoms with Crippen molar-refractivity contribution in [3.8, 4) is 0 Å². The third kappa shape index (κ3) is 3.14. The second-order valence-corrected chi connectivity index (χ2v) is 5.75. The summed E-state index contributed by atoms with van der Waals surface area (Å²) in [4.78, 5) is 13.7. The molecule has 6 heteroatoms. The van der Waals surface area contributed by atoms with Gasteiger partial charge in [0.25, 0.3) is 5.91 Å². The van der Waals surface area contributed by atoms with Crippen LogP contribution in [0.5, 0.6) is 0 Å². The maximum Gasteiger partial charge on any atom is 0.253 e. The van der Waals surface area contributed by atoms with Crippen LogP contribution in [0, 0.1) is 17.5 Å². The van der Waals surface area contributed by atoms with Gasteiger partial charge in [-0.2, -0.15) is 0 Å². The Morgan fingerprint density at radius 3 is 2.58 bits per heavy atom. The van der Waals surface area contributed by atoms with Gasteiger partial charge in [0.15, 0.2) is 17.5 Å². The number of fused-ring (bicyclic) bond motifs is 1. The van der Waals surface area contributed by atoms with Gasteiger partial charge >= 0.3 is 0 Å². The minimum atomic E-state index is -1.58. The van der Waals surface area contributed by atoms with Crippen LogP contribution in [0.2, 0.25) is 0 Å². The molecule has 1 aliphatic rings. The Morgan fingerprint density at radius 2 is 1.88 bits per heavy atom. The Balaban J connectivity index is 1.78. The molecule has 0 aromatic heterocycles. The van der Waals surface area contributed by atoms with Crippen molar-refractivity contribution in [1.82, 2.24) is 4.90 Å². The van der Waals surface area contributed by atoms with Crippen LogP contribution in [0.3, 0.4) is 0 Å². The number of halogens is 3. The molecule has 0 saturated heterocycles. The predicted octanol–water partition coefficient (Wildman–Crippen LogP) is 3.49. The molecule has 0 fully saturated rings. The first kappa shape index (κ1) is 16.5. The van der Waals surface area contributed by atoms with E-state index in [0.29, 0.717) is 18.7 Å². The van der Waals surface area contributed by atoms with Crippen molar-refractivity contribution < 1.29 is 22.7 Å². The summed E-state index contributed by atoms with van der Waals surface area (Å²) in [5.41, 5.74) is 1.92. The van der Waals surface area contributed by atoms with Crippen molar-refractivity contribution in [3.05, 3.63) is 70.5 Å². The number of hydrogen-bond donors (Lipinski definition) is 0. The average molecular weight is 335 g/mol. The van der Waals surface area contributed by atoms with Crippen molar-refractivity contribution in [2.24, 2.45) is 0 Å². The van der Waals surface area contributed by atoms with E-state index in [1.165, 1.54) is 11.9 Å². The summed E-state index contributed by atoms with van der Waals surface area (Å²) in [6.45, 7) is 0.778. The first-order valence-electron chi connectivity index (χ1n) is 7.57. The summed E-state index contributed by atoms with van der Waals surface area (Å²) in [5.74, 6) is -4.95. The highest BCUT2D eigenvalue weighted by Crippen LogP contribution is 2.27. The number of benzene rings is 2. The Morgan fingerprint density at radius 1 is 1.21 bits per heavy atom. The molecule has 3 rings (SSSR count). The van der Waals surface area contributed by atoms with Gasteiger partial charge in [0, 0.05) is 12.6 Å². The Bertz CT molecular complexity index is 756. The van der Waals surface area contributed by atoms with Crippen molar-refractivity contribution in [3.63, 3.8) is 0 Å². The molecule has 0 saturated carbocycles. The number of hydrogen-bond acceptors (Lipinski definition) is 2. The summed E-state index contributed by atoms with van der Waals surface area (Å²) >= 11 is 0. The monoisotopic (exact) mass is 335 g/mol. The van der Waals surface area contributed by atoms with E-state index in [0.717, 1.165) is 17.5 Å². The van der Waals surface area contributed by atoms with E-state index in [1.54, 1.807) is 0 Å². The molecule has 1 amide bonds. The second-order valence-electron chi connectivity index (χ2n) is 5.75. The zero-order valence-corrected chi connectivity index (χ0v) is 13.1. The Labute approximate surface area is 137 Å². The molecule has 24 heavy (non-hydrogen) atoms. The molecular formula is C18H16F3NO2. The summed E-state index contributed by atoms with van der Waals surface area (Å²) < 4.78 is 45.4. The van der Waals surface area contributed by atoms with E-state index in [-0.39, 0.29) is 18.2 Å². The number of carbonyl (C=O) groups excluding carboxylic acids is 1. The molecule has 0 N–H and O–H groups in total. The number of rotatable bonds is 3. The van der Waals surface area contributed by atoms with Gasteiger partial charge in [0.05, 0.1) is 13.2 Å². The van der Waals surface area contributed by atoms with Crippen LogP contribution in [0.25, 0.3) is 0 Å². The van der Waals surface area contributed by atoms with Crippen LogP contribution in [0.15, 0.2) is 36.4 Å². The molecule has 2 aromatic rings. The van der Waals surface area contributed by atoms with Gasteiger partial charge < -0.3 is 9.64 Å². The highest BCUT2D eigenvalue weighted by Gasteiger charge is 2.25. The summed E-state index contributed by atoms with van der Waals surface area (Å²) in [7, 11) is 1.52. The van der Waals surface area contributed by atoms with Gasteiger partial charge in [0.1, 0.15) is 6.10 Å². The topological polar surface area (TPSA) is 29.5 Å².